The van der Waals surface area contributed by atoms with Crippen LogP contribution in [0.15, 0.2) is 94.7 Å². The zero-order valence-electron chi connectivity index (χ0n) is 16.0. The number of rotatable bonds is 4. The smallest absolute Gasteiger partial charge is 0.209 e. The molecule has 0 aliphatic rings. The van der Waals surface area contributed by atoms with Crippen LogP contribution in [-0.4, -0.2) is 18.6 Å². The van der Waals surface area contributed by atoms with Gasteiger partial charge in [0.25, 0.3) is 0 Å². The van der Waals surface area contributed by atoms with Gasteiger partial charge in [0.05, 0.1) is 19.8 Å². The average molecular weight is 471 g/mol. The molecule has 0 aliphatic heterocycles. The van der Waals surface area contributed by atoms with Gasteiger partial charge in [0, 0.05) is 11.1 Å². The second-order valence-electron chi connectivity index (χ2n) is 6.78. The Balaban J connectivity index is 1.94. The van der Waals surface area contributed by atoms with E-state index >= 15 is 0 Å². The Morgan fingerprint density at radius 1 is 0.548 bits per heavy atom. The van der Waals surface area contributed by atoms with Gasteiger partial charge in [0.1, 0.15) is 11.5 Å². The largest absolute Gasteiger partial charge is 0.507 e. The molecule has 4 rings (SSSR count). The van der Waals surface area contributed by atoms with Gasteiger partial charge < -0.3 is 10.2 Å². The van der Waals surface area contributed by atoms with E-state index in [9.17, 15) is 18.6 Å². The minimum atomic E-state index is -4.18. The van der Waals surface area contributed by atoms with E-state index in [-0.39, 0.29) is 42.5 Å². The van der Waals surface area contributed by atoms with E-state index in [0.29, 0.717) is 11.1 Å². The molecule has 0 fully saturated rings. The molecule has 0 radical (unpaired) electrons. The topological polar surface area (TPSA) is 74.6 Å². The van der Waals surface area contributed by atoms with Crippen LogP contribution in [0.5, 0.6) is 11.5 Å². The average Bonchev–Trinajstić information content (AvgIpc) is 2.75. The van der Waals surface area contributed by atoms with Gasteiger partial charge in [0.15, 0.2) is 0 Å². The summed E-state index contributed by atoms with van der Waals surface area (Å²) in [7, 11) is -4.18. The summed E-state index contributed by atoms with van der Waals surface area (Å²) in [5.41, 5.74) is 1.57. The van der Waals surface area contributed by atoms with Crippen LogP contribution < -0.4 is 0 Å². The van der Waals surface area contributed by atoms with E-state index < -0.39 is 9.84 Å². The Kier molecular flexibility index (Phi) is 5.67. The van der Waals surface area contributed by atoms with Gasteiger partial charge >= 0.3 is 0 Å². The van der Waals surface area contributed by atoms with Crippen molar-refractivity contribution in [1.82, 2.24) is 0 Å². The Bertz CT molecular complexity index is 1270. The molecule has 0 unspecified atom stereocenters. The first kappa shape index (κ1) is 21.2. The normalized spacial score (nSPS) is 11.4. The van der Waals surface area contributed by atoms with Crippen molar-refractivity contribution in [3.63, 3.8) is 0 Å². The number of phenols is 2. The molecular weight excluding hydrogens is 455 g/mol. The molecule has 4 nitrogen and oxygen atoms in total. The molecule has 0 aromatic heterocycles. The lowest BCUT2D eigenvalue weighted by Crippen LogP contribution is -2.05. The van der Waals surface area contributed by atoms with E-state index in [2.05, 4.69) is 0 Å². The van der Waals surface area contributed by atoms with Crippen molar-refractivity contribution < 1.29 is 18.6 Å². The monoisotopic (exact) mass is 470 g/mol. The van der Waals surface area contributed by atoms with Crippen molar-refractivity contribution in [3.05, 3.63) is 95.0 Å². The van der Waals surface area contributed by atoms with E-state index in [1.165, 1.54) is 24.3 Å². The van der Waals surface area contributed by atoms with Crippen LogP contribution in [0.1, 0.15) is 0 Å². The van der Waals surface area contributed by atoms with Gasteiger partial charge in [-0.2, -0.15) is 0 Å². The molecule has 2 N–H and O–H groups in total. The van der Waals surface area contributed by atoms with Crippen LogP contribution in [0.25, 0.3) is 22.3 Å². The van der Waals surface area contributed by atoms with Crippen LogP contribution in [0.2, 0.25) is 10.0 Å². The van der Waals surface area contributed by atoms with Crippen molar-refractivity contribution in [1.29, 1.82) is 0 Å². The minimum Gasteiger partial charge on any atom is -0.507 e. The Hall–Kier alpha value is -2.99. The highest BCUT2D eigenvalue weighted by atomic mass is 35.5. The molecule has 0 atom stereocenters. The van der Waals surface area contributed by atoms with Gasteiger partial charge in [-0.1, -0.05) is 83.9 Å². The first-order valence-corrected chi connectivity index (χ1v) is 11.4. The van der Waals surface area contributed by atoms with Crippen molar-refractivity contribution in [2.45, 2.75) is 9.79 Å². The predicted molar refractivity (Wildman–Crippen MR) is 123 cm³/mol. The molecule has 0 saturated carbocycles. The fraction of sp³-hybridized carbons (Fsp3) is 0. The Morgan fingerprint density at radius 3 is 1.26 bits per heavy atom. The van der Waals surface area contributed by atoms with E-state index in [4.69, 9.17) is 23.2 Å². The summed E-state index contributed by atoms with van der Waals surface area (Å²) in [5, 5.41) is 20.5. The van der Waals surface area contributed by atoms with E-state index in [0.717, 1.165) is 0 Å². The van der Waals surface area contributed by atoms with Crippen LogP contribution in [0.4, 0.5) is 0 Å². The number of halogens is 2. The lowest BCUT2D eigenvalue weighted by Gasteiger charge is -2.15. The molecule has 0 amide bonds. The highest BCUT2D eigenvalue weighted by Crippen LogP contribution is 2.45. The molecule has 156 valence electrons. The molecule has 0 bridgehead atoms. The zero-order valence-corrected chi connectivity index (χ0v) is 18.3. The summed E-state index contributed by atoms with van der Waals surface area (Å²) in [6.07, 6.45) is 0. The highest BCUT2D eigenvalue weighted by Gasteiger charge is 2.29. The van der Waals surface area contributed by atoms with Crippen molar-refractivity contribution in [2.24, 2.45) is 0 Å². The fourth-order valence-electron chi connectivity index (χ4n) is 3.39. The first-order chi connectivity index (χ1) is 14.8. The zero-order chi connectivity index (χ0) is 22.2. The second kappa shape index (κ2) is 8.27. The van der Waals surface area contributed by atoms with Gasteiger partial charge in [-0.25, -0.2) is 8.42 Å². The fourth-order valence-corrected chi connectivity index (χ4v) is 5.94. The maximum Gasteiger partial charge on any atom is 0.209 e. The van der Waals surface area contributed by atoms with Crippen LogP contribution >= 0.6 is 23.2 Å². The standard InChI is InChI=1S/C24H16Cl2O4S/c25-23-19(13-11-17(27)21(23)15-7-3-1-4-8-15)31(29,30)20-14-12-18(28)22(24(20)26)16-9-5-2-6-10-16/h1-14,27-28H. The number of hydrogen-bond acceptors (Lipinski definition) is 4. The van der Waals surface area contributed by atoms with Gasteiger partial charge in [-0.05, 0) is 35.4 Å². The summed E-state index contributed by atoms with van der Waals surface area (Å²) < 4.78 is 27.1. The lowest BCUT2D eigenvalue weighted by atomic mass is 10.0. The van der Waals surface area contributed by atoms with Crippen molar-refractivity contribution >= 4 is 33.0 Å². The summed E-state index contributed by atoms with van der Waals surface area (Å²) in [6.45, 7) is 0. The van der Waals surface area contributed by atoms with Gasteiger partial charge in [0.2, 0.25) is 9.84 Å². The number of aromatic hydroxyl groups is 2. The third kappa shape index (κ3) is 3.76. The molecule has 0 aliphatic carbocycles. The van der Waals surface area contributed by atoms with Crippen LogP contribution in [-0.2, 0) is 9.84 Å². The summed E-state index contributed by atoms with van der Waals surface area (Å²) >= 11 is 13.0. The third-order valence-electron chi connectivity index (χ3n) is 4.87. The summed E-state index contributed by atoms with van der Waals surface area (Å²) in [5.74, 6) is -0.283. The first-order valence-electron chi connectivity index (χ1n) is 9.21. The number of benzene rings is 4. The number of sulfone groups is 1. The third-order valence-corrected chi connectivity index (χ3v) is 7.72. The molecule has 0 spiro atoms. The van der Waals surface area contributed by atoms with Crippen LogP contribution in [0, 0.1) is 0 Å². The summed E-state index contributed by atoms with van der Waals surface area (Å²) in [4.78, 5) is -0.394. The molecule has 4 aromatic carbocycles. The SMILES string of the molecule is O=S(=O)(c1ccc(O)c(-c2ccccc2)c1Cl)c1ccc(O)c(-c2ccccc2)c1Cl. The Labute approximate surface area is 189 Å². The predicted octanol–water partition coefficient (Wildman–Crippen LogP) is 6.57. The molecule has 0 saturated heterocycles. The lowest BCUT2D eigenvalue weighted by molar-refractivity contribution is 0.476. The Morgan fingerprint density at radius 2 is 0.903 bits per heavy atom. The highest BCUT2D eigenvalue weighted by molar-refractivity contribution is 7.91. The van der Waals surface area contributed by atoms with Gasteiger partial charge in [-0.15, -0.1) is 0 Å². The van der Waals surface area contributed by atoms with Crippen LogP contribution in [0.3, 0.4) is 0 Å². The number of hydrogen-bond donors (Lipinski definition) is 2. The molecule has 7 heteroatoms. The molecular formula is C24H16Cl2O4S. The van der Waals surface area contributed by atoms with Gasteiger partial charge in [-0.3, -0.25) is 0 Å². The maximum absolute atomic E-state index is 13.5. The van der Waals surface area contributed by atoms with E-state index in [1.807, 2.05) is 0 Å². The summed E-state index contributed by atoms with van der Waals surface area (Å²) in [6, 6.07) is 22.6. The quantitative estimate of drug-likeness (QED) is 0.353. The van der Waals surface area contributed by atoms with Crippen molar-refractivity contribution in [3.8, 4) is 33.8 Å². The van der Waals surface area contributed by atoms with E-state index in [1.54, 1.807) is 60.7 Å². The number of phenolic OH excluding ortho intramolecular Hbond substituents is 2. The molecule has 31 heavy (non-hydrogen) atoms. The maximum atomic E-state index is 13.5. The minimum absolute atomic E-state index is 0.114. The second-order valence-corrected chi connectivity index (χ2v) is 9.42. The molecule has 0 heterocycles. The van der Waals surface area contributed by atoms with Crippen molar-refractivity contribution in [2.75, 3.05) is 0 Å². The molecule has 4 aromatic rings.